The molecule has 0 heterocycles. The Morgan fingerprint density at radius 3 is 1.43 bits per heavy atom. The number of benzene rings is 1. The van der Waals surface area contributed by atoms with Crippen molar-refractivity contribution in [3.63, 3.8) is 0 Å². The minimum atomic E-state index is -2.02. The van der Waals surface area contributed by atoms with E-state index >= 15 is 0 Å². The van der Waals surface area contributed by atoms with Crippen molar-refractivity contribution in [3.8, 4) is 0 Å². The van der Waals surface area contributed by atoms with E-state index in [9.17, 15) is 0 Å². The molecule has 0 aliphatic rings. The molecule has 0 saturated heterocycles. The first-order chi connectivity index (χ1) is 11.4. The van der Waals surface area contributed by atoms with Gasteiger partial charge in [0, 0.05) is 0 Å². The molecule has 0 bridgehead atoms. The van der Waals surface area contributed by atoms with Gasteiger partial charge in [0.15, 0.2) is 25.0 Å². The lowest BCUT2D eigenvalue weighted by Crippen LogP contribution is -2.51. The standard InChI is InChI=1S/C16H32O2Si3.C3H10OSi.4CH4/c1-15(16-12-10-9-11-13-16)14-20(5,6)18-21(7,8)17-19(2,3)4;1-5(2,3)4;;;;/h9-13,15H,14H2,1-8H3;4H,1-3H3;4*1H4. The largest absolute Gasteiger partial charge is 0.437 e. The van der Waals surface area contributed by atoms with E-state index in [1.54, 1.807) is 0 Å². The van der Waals surface area contributed by atoms with E-state index in [1.165, 1.54) is 5.56 Å². The van der Waals surface area contributed by atoms with Gasteiger partial charge in [0.1, 0.15) is 0 Å². The van der Waals surface area contributed by atoms with Crippen LogP contribution < -0.4 is 0 Å². The zero-order valence-electron chi connectivity index (χ0n) is 18.9. The summed E-state index contributed by atoms with van der Waals surface area (Å²) in [5.74, 6) is 0.546. The maximum Gasteiger partial charge on any atom is 0.311 e. The van der Waals surface area contributed by atoms with Crippen molar-refractivity contribution in [2.45, 2.75) is 114 Å². The number of rotatable bonds is 7. The van der Waals surface area contributed by atoms with Gasteiger partial charge < -0.3 is 13.0 Å². The zero-order valence-corrected chi connectivity index (χ0v) is 22.9. The molecule has 0 aromatic heterocycles. The molecule has 1 atom stereocenters. The summed E-state index contributed by atoms with van der Waals surface area (Å²) in [6.07, 6.45) is 0. The Bertz CT molecular complexity index is 515. The summed E-state index contributed by atoms with van der Waals surface area (Å²) in [4.78, 5) is 8.66. The molecule has 0 aliphatic carbocycles. The molecule has 184 valence electrons. The topological polar surface area (TPSA) is 38.7 Å². The molecule has 1 unspecified atom stereocenters. The van der Waals surface area contributed by atoms with Crippen LogP contribution in [0.1, 0.15) is 48.1 Å². The first-order valence-electron chi connectivity index (χ1n) is 9.58. The maximum absolute atomic E-state index is 8.66. The molecule has 7 heteroatoms. The molecule has 0 saturated carbocycles. The van der Waals surface area contributed by atoms with Crippen LogP contribution in [0.4, 0.5) is 0 Å². The highest BCUT2D eigenvalue weighted by atomic mass is 28.5. The maximum atomic E-state index is 8.66. The van der Waals surface area contributed by atoms with Crippen molar-refractivity contribution < 1.29 is 13.0 Å². The Balaban J connectivity index is -0.000000208. The molecule has 1 rings (SSSR count). The quantitative estimate of drug-likeness (QED) is 0.384. The predicted octanol–water partition coefficient (Wildman–Crippen LogP) is 8.92. The Morgan fingerprint density at radius 2 is 1.10 bits per heavy atom. The van der Waals surface area contributed by atoms with Crippen molar-refractivity contribution in [3.05, 3.63) is 35.9 Å². The van der Waals surface area contributed by atoms with Crippen molar-refractivity contribution in [1.82, 2.24) is 0 Å². The smallest absolute Gasteiger partial charge is 0.311 e. The molecule has 0 radical (unpaired) electrons. The highest BCUT2D eigenvalue weighted by molar-refractivity contribution is 6.87. The van der Waals surface area contributed by atoms with Gasteiger partial charge in [0.2, 0.25) is 0 Å². The third kappa shape index (κ3) is 24.2. The van der Waals surface area contributed by atoms with Gasteiger partial charge in [-0.25, -0.2) is 0 Å². The fraction of sp³-hybridized carbons (Fsp3) is 0.739. The van der Waals surface area contributed by atoms with Gasteiger partial charge in [-0.2, -0.15) is 0 Å². The molecule has 0 spiro atoms. The van der Waals surface area contributed by atoms with Gasteiger partial charge in [-0.15, -0.1) is 0 Å². The molecule has 1 aromatic rings. The molecule has 0 amide bonds. The fourth-order valence-corrected chi connectivity index (χ4v) is 16.9. The first-order valence-corrected chi connectivity index (χ1v) is 22.4. The van der Waals surface area contributed by atoms with Crippen molar-refractivity contribution in [2.75, 3.05) is 0 Å². The van der Waals surface area contributed by atoms with Gasteiger partial charge in [-0.05, 0) is 83.0 Å². The molecule has 1 aromatic carbocycles. The third-order valence-corrected chi connectivity index (χ3v) is 13.4. The Hall–Kier alpha value is -0.0325. The van der Waals surface area contributed by atoms with Crippen molar-refractivity contribution in [1.29, 1.82) is 0 Å². The lowest BCUT2D eigenvalue weighted by Gasteiger charge is -2.38. The van der Waals surface area contributed by atoms with E-state index in [0.717, 1.165) is 6.04 Å². The van der Waals surface area contributed by atoms with E-state index < -0.39 is 33.5 Å². The highest BCUT2D eigenvalue weighted by Crippen LogP contribution is 2.30. The average Bonchev–Trinajstić information content (AvgIpc) is 2.32. The van der Waals surface area contributed by atoms with Crippen LogP contribution in [0.5, 0.6) is 0 Å². The summed E-state index contributed by atoms with van der Waals surface area (Å²) >= 11 is 0. The monoisotopic (exact) mass is 494 g/mol. The van der Waals surface area contributed by atoms with Crippen LogP contribution in [-0.4, -0.2) is 38.3 Å². The van der Waals surface area contributed by atoms with E-state index in [4.69, 9.17) is 13.0 Å². The molecule has 0 aliphatic heterocycles. The normalized spacial score (nSPS) is 12.5. The average molecular weight is 495 g/mol. The van der Waals surface area contributed by atoms with Crippen LogP contribution in [-0.2, 0) is 8.23 Å². The summed E-state index contributed by atoms with van der Waals surface area (Å²) < 4.78 is 12.9. The van der Waals surface area contributed by atoms with Crippen LogP contribution >= 0.6 is 0 Å². The predicted molar refractivity (Wildman–Crippen MR) is 153 cm³/mol. The van der Waals surface area contributed by atoms with E-state index in [-0.39, 0.29) is 29.7 Å². The summed E-state index contributed by atoms with van der Waals surface area (Å²) in [5, 5.41) is 0. The fourth-order valence-electron chi connectivity index (χ4n) is 3.10. The zero-order chi connectivity index (χ0) is 20.8. The van der Waals surface area contributed by atoms with Crippen LogP contribution in [0.25, 0.3) is 0 Å². The van der Waals surface area contributed by atoms with Crippen molar-refractivity contribution >= 4 is 33.5 Å². The van der Waals surface area contributed by atoms with E-state index in [1.807, 2.05) is 19.6 Å². The lowest BCUT2D eigenvalue weighted by atomic mass is 10.0. The second kappa shape index (κ2) is 15.7. The minimum Gasteiger partial charge on any atom is -0.437 e. The molecular formula is C23H58O3Si4. The lowest BCUT2D eigenvalue weighted by molar-refractivity contribution is 0.390. The molecule has 1 N–H and O–H groups in total. The third-order valence-electron chi connectivity index (χ3n) is 3.24. The summed E-state index contributed by atoms with van der Waals surface area (Å²) in [6, 6.07) is 11.9. The van der Waals surface area contributed by atoms with E-state index in [2.05, 4.69) is 83.1 Å². The van der Waals surface area contributed by atoms with Crippen LogP contribution in [0.3, 0.4) is 0 Å². The first kappa shape index (κ1) is 40.3. The SMILES string of the molecule is C.C.C.C.CC(C[Si](C)(C)O[Si](C)(C)O[Si](C)(C)C)c1ccccc1.C[Si](C)(C)O. The summed E-state index contributed by atoms with van der Waals surface area (Å²) in [5.41, 5.74) is 1.41. The van der Waals surface area contributed by atoms with Gasteiger partial charge >= 0.3 is 8.56 Å². The molecular weight excluding hydrogens is 437 g/mol. The molecule has 3 nitrogen and oxygen atoms in total. The summed E-state index contributed by atoms with van der Waals surface area (Å²) in [7, 11) is -6.89. The highest BCUT2D eigenvalue weighted by Gasteiger charge is 2.38. The van der Waals surface area contributed by atoms with Crippen LogP contribution in [0.2, 0.25) is 71.5 Å². The van der Waals surface area contributed by atoms with Gasteiger partial charge in [-0.1, -0.05) is 67.0 Å². The number of hydrogen-bond acceptors (Lipinski definition) is 3. The van der Waals surface area contributed by atoms with Gasteiger partial charge in [0.05, 0.1) is 0 Å². The second-order valence-corrected chi connectivity index (χ2v) is 27.1. The second-order valence-electron chi connectivity index (χ2n) is 10.2. The minimum absolute atomic E-state index is 0. The van der Waals surface area contributed by atoms with Gasteiger partial charge in [0.25, 0.3) is 0 Å². The van der Waals surface area contributed by atoms with Gasteiger partial charge in [-0.3, -0.25) is 0 Å². The Kier molecular flexibility index (Phi) is 21.1. The summed E-state index contributed by atoms with van der Waals surface area (Å²) in [6.45, 7) is 23.7. The molecule has 30 heavy (non-hydrogen) atoms. The number of hydrogen-bond donors (Lipinski definition) is 1. The Morgan fingerprint density at radius 1 is 0.733 bits per heavy atom. The van der Waals surface area contributed by atoms with Crippen LogP contribution in [0.15, 0.2) is 30.3 Å². The van der Waals surface area contributed by atoms with Crippen LogP contribution in [0, 0.1) is 0 Å². The molecule has 0 fully saturated rings. The Labute approximate surface area is 196 Å². The van der Waals surface area contributed by atoms with E-state index in [0.29, 0.717) is 5.92 Å². The van der Waals surface area contributed by atoms with Crippen molar-refractivity contribution in [2.24, 2.45) is 0 Å².